The first kappa shape index (κ1) is 17.9. The second-order valence-electron chi connectivity index (χ2n) is 5.69. The zero-order valence-corrected chi connectivity index (χ0v) is 16.3. The third kappa shape index (κ3) is 4.01. The Morgan fingerprint density at radius 3 is 3.04 bits per heavy atom. The van der Waals surface area contributed by atoms with Gasteiger partial charge < -0.3 is 10.1 Å². The molecule has 0 radical (unpaired) electrons. The summed E-state index contributed by atoms with van der Waals surface area (Å²) in [4.78, 5) is 30.5. The molecule has 0 fully saturated rings. The van der Waals surface area contributed by atoms with E-state index in [1.54, 1.807) is 23.5 Å². The lowest BCUT2D eigenvalue weighted by Gasteiger charge is -2.29. The van der Waals surface area contributed by atoms with Gasteiger partial charge in [0.25, 0.3) is 5.91 Å². The fourth-order valence-electron chi connectivity index (χ4n) is 2.54. The topological polar surface area (TPSA) is 71.5 Å². The van der Waals surface area contributed by atoms with Gasteiger partial charge in [0.05, 0.1) is 22.4 Å². The summed E-state index contributed by atoms with van der Waals surface area (Å²) < 4.78 is 6.29. The molecule has 25 heavy (non-hydrogen) atoms. The molecule has 3 rings (SSSR count). The minimum absolute atomic E-state index is 0.0497. The normalized spacial score (nSPS) is 14.7. The zero-order chi connectivity index (χ0) is 18.0. The van der Waals surface area contributed by atoms with Crippen molar-refractivity contribution in [3.8, 4) is 5.75 Å². The highest BCUT2D eigenvalue weighted by Crippen LogP contribution is 2.34. The summed E-state index contributed by atoms with van der Waals surface area (Å²) >= 11 is 4.96. The Bertz CT molecular complexity index is 808. The van der Waals surface area contributed by atoms with Gasteiger partial charge in [-0.05, 0) is 31.5 Å². The van der Waals surface area contributed by atoms with Gasteiger partial charge in [0.1, 0.15) is 12.3 Å². The number of carbonyl (C=O) groups excluding carboxylic acids is 2. The molecule has 0 aliphatic carbocycles. The standard InChI is InChI=1S/C17H18BrN3O3S/c1-3-16-20-12(9-25-16)10(2)19-15(22)7-21-13-5-4-11(18)6-14(13)24-8-17(21)23/h4-6,9-10H,3,7-8H2,1-2H3,(H,19,22). The van der Waals surface area contributed by atoms with Crippen LogP contribution in [0.25, 0.3) is 0 Å². The molecule has 0 spiro atoms. The highest BCUT2D eigenvalue weighted by molar-refractivity contribution is 9.10. The number of aryl methyl sites for hydroxylation is 1. The van der Waals surface area contributed by atoms with E-state index < -0.39 is 0 Å². The van der Waals surface area contributed by atoms with Gasteiger partial charge in [-0.25, -0.2) is 4.98 Å². The Hall–Kier alpha value is -1.93. The lowest BCUT2D eigenvalue weighted by Crippen LogP contribution is -2.45. The molecule has 2 aromatic rings. The van der Waals surface area contributed by atoms with Crippen LogP contribution in [0.1, 0.15) is 30.6 Å². The smallest absolute Gasteiger partial charge is 0.265 e. The number of halogens is 1. The van der Waals surface area contributed by atoms with E-state index in [1.165, 1.54) is 4.90 Å². The number of amides is 2. The van der Waals surface area contributed by atoms with Crippen LogP contribution in [-0.4, -0.2) is 29.9 Å². The van der Waals surface area contributed by atoms with Crippen LogP contribution in [0, 0.1) is 0 Å². The minimum atomic E-state index is -0.237. The average Bonchev–Trinajstić information content (AvgIpc) is 3.06. The third-order valence-corrected chi connectivity index (χ3v) is 5.36. The first-order valence-corrected chi connectivity index (χ1v) is 9.61. The van der Waals surface area contributed by atoms with Crippen LogP contribution in [0.2, 0.25) is 0 Å². The molecular formula is C17H18BrN3O3S. The number of rotatable bonds is 5. The number of hydrogen-bond donors (Lipinski definition) is 1. The van der Waals surface area contributed by atoms with E-state index in [4.69, 9.17) is 4.74 Å². The van der Waals surface area contributed by atoms with Crippen molar-refractivity contribution in [1.82, 2.24) is 10.3 Å². The summed E-state index contributed by atoms with van der Waals surface area (Å²) in [6, 6.07) is 5.16. The van der Waals surface area contributed by atoms with Crippen molar-refractivity contribution < 1.29 is 14.3 Å². The lowest BCUT2D eigenvalue weighted by molar-refractivity contribution is -0.125. The monoisotopic (exact) mass is 423 g/mol. The molecule has 8 heteroatoms. The number of hydrogen-bond acceptors (Lipinski definition) is 5. The molecule has 1 N–H and O–H groups in total. The minimum Gasteiger partial charge on any atom is -0.482 e. The molecule has 2 amide bonds. The molecule has 1 atom stereocenters. The SMILES string of the molecule is CCc1nc(C(C)NC(=O)CN2C(=O)COc3cc(Br)ccc32)cs1. The number of fused-ring (bicyclic) bond motifs is 1. The highest BCUT2D eigenvalue weighted by atomic mass is 79.9. The van der Waals surface area contributed by atoms with Crippen molar-refractivity contribution in [2.24, 2.45) is 0 Å². The van der Waals surface area contributed by atoms with Crippen molar-refractivity contribution in [3.63, 3.8) is 0 Å². The zero-order valence-electron chi connectivity index (χ0n) is 13.9. The van der Waals surface area contributed by atoms with E-state index in [-0.39, 0.29) is 31.0 Å². The number of nitrogens with zero attached hydrogens (tertiary/aromatic N) is 2. The molecule has 6 nitrogen and oxygen atoms in total. The van der Waals surface area contributed by atoms with E-state index in [0.29, 0.717) is 11.4 Å². The van der Waals surface area contributed by atoms with Gasteiger partial charge >= 0.3 is 0 Å². The van der Waals surface area contributed by atoms with E-state index in [0.717, 1.165) is 21.6 Å². The summed E-state index contributed by atoms with van der Waals surface area (Å²) in [7, 11) is 0. The van der Waals surface area contributed by atoms with Gasteiger partial charge in [0.2, 0.25) is 5.91 Å². The van der Waals surface area contributed by atoms with Crippen molar-refractivity contribution in [3.05, 3.63) is 38.8 Å². The second-order valence-corrected chi connectivity index (χ2v) is 7.55. The Morgan fingerprint density at radius 1 is 1.52 bits per heavy atom. The first-order valence-electron chi connectivity index (χ1n) is 7.94. The van der Waals surface area contributed by atoms with Crippen molar-refractivity contribution in [2.45, 2.75) is 26.3 Å². The molecule has 0 bridgehead atoms. The van der Waals surface area contributed by atoms with E-state index >= 15 is 0 Å². The Kier molecular flexibility index (Phi) is 5.39. The van der Waals surface area contributed by atoms with E-state index in [1.807, 2.05) is 25.3 Å². The Balaban J connectivity index is 1.69. The average molecular weight is 424 g/mol. The van der Waals surface area contributed by atoms with Gasteiger partial charge in [0, 0.05) is 9.85 Å². The fraction of sp³-hybridized carbons (Fsp3) is 0.353. The molecule has 0 saturated carbocycles. The molecule has 1 aromatic heterocycles. The number of anilines is 1. The maximum absolute atomic E-state index is 12.4. The number of aromatic nitrogens is 1. The largest absolute Gasteiger partial charge is 0.482 e. The molecule has 1 unspecified atom stereocenters. The van der Waals surface area contributed by atoms with Crippen molar-refractivity contribution in [2.75, 3.05) is 18.1 Å². The predicted octanol–water partition coefficient (Wildman–Crippen LogP) is 3.07. The number of ether oxygens (including phenoxy) is 1. The highest BCUT2D eigenvalue weighted by Gasteiger charge is 2.28. The fourth-order valence-corrected chi connectivity index (χ4v) is 3.72. The summed E-state index contributed by atoms with van der Waals surface area (Å²) in [5.74, 6) is 0.115. The predicted molar refractivity (Wildman–Crippen MR) is 100 cm³/mol. The summed E-state index contributed by atoms with van der Waals surface area (Å²) in [6.07, 6.45) is 0.875. The van der Waals surface area contributed by atoms with Crippen LogP contribution >= 0.6 is 27.3 Å². The van der Waals surface area contributed by atoms with Crippen LogP contribution in [0.5, 0.6) is 5.75 Å². The number of carbonyl (C=O) groups is 2. The van der Waals surface area contributed by atoms with Crippen LogP contribution in [0.3, 0.4) is 0 Å². The van der Waals surface area contributed by atoms with Crippen LogP contribution in [-0.2, 0) is 16.0 Å². The Morgan fingerprint density at radius 2 is 2.32 bits per heavy atom. The van der Waals surface area contributed by atoms with Gasteiger partial charge in [-0.15, -0.1) is 11.3 Å². The quantitative estimate of drug-likeness (QED) is 0.801. The van der Waals surface area contributed by atoms with Gasteiger partial charge in [-0.2, -0.15) is 0 Å². The summed E-state index contributed by atoms with van der Waals surface area (Å²) in [5, 5.41) is 5.90. The third-order valence-electron chi connectivity index (χ3n) is 3.86. The van der Waals surface area contributed by atoms with Crippen LogP contribution < -0.4 is 15.0 Å². The molecule has 0 saturated heterocycles. The van der Waals surface area contributed by atoms with Crippen molar-refractivity contribution >= 4 is 44.8 Å². The second kappa shape index (κ2) is 7.53. The molecule has 1 aromatic carbocycles. The molecule has 1 aliphatic rings. The number of nitrogens with one attached hydrogen (secondary N) is 1. The van der Waals surface area contributed by atoms with E-state index in [2.05, 4.69) is 26.2 Å². The summed E-state index contributed by atoms with van der Waals surface area (Å²) in [6.45, 7) is 3.81. The molecular weight excluding hydrogens is 406 g/mol. The molecule has 1 aliphatic heterocycles. The number of thiazole rings is 1. The Labute approximate surface area is 158 Å². The maximum atomic E-state index is 12.4. The van der Waals surface area contributed by atoms with Crippen molar-refractivity contribution in [1.29, 1.82) is 0 Å². The van der Waals surface area contributed by atoms with Gasteiger partial charge in [-0.1, -0.05) is 22.9 Å². The molecule has 132 valence electrons. The van der Waals surface area contributed by atoms with Gasteiger partial charge in [-0.3, -0.25) is 14.5 Å². The van der Waals surface area contributed by atoms with E-state index in [9.17, 15) is 9.59 Å². The summed E-state index contributed by atoms with van der Waals surface area (Å²) in [5.41, 5.74) is 1.44. The van der Waals surface area contributed by atoms with Gasteiger partial charge in [0.15, 0.2) is 6.61 Å². The number of benzene rings is 1. The first-order chi connectivity index (χ1) is 12.0. The maximum Gasteiger partial charge on any atom is 0.265 e. The van der Waals surface area contributed by atoms with Crippen LogP contribution in [0.4, 0.5) is 5.69 Å². The van der Waals surface area contributed by atoms with Crippen LogP contribution in [0.15, 0.2) is 28.1 Å². The molecule has 2 heterocycles. The lowest BCUT2D eigenvalue weighted by atomic mass is 10.2.